The number of ether oxygens (including phenoxy) is 1. The Hall–Kier alpha value is -2.61. The lowest BCUT2D eigenvalue weighted by Gasteiger charge is -2.13. The van der Waals surface area contributed by atoms with E-state index in [1.54, 1.807) is 12.1 Å². The van der Waals surface area contributed by atoms with Gasteiger partial charge in [0.15, 0.2) is 6.61 Å². The van der Waals surface area contributed by atoms with Crippen molar-refractivity contribution in [3.05, 3.63) is 58.3 Å². The maximum absolute atomic E-state index is 12.8. The van der Waals surface area contributed by atoms with Gasteiger partial charge in [-0.25, -0.2) is 4.79 Å². The maximum Gasteiger partial charge on any atom is 0.418 e. The van der Waals surface area contributed by atoms with Gasteiger partial charge in [0.05, 0.1) is 11.3 Å². The average Bonchev–Trinajstić information content (AvgIpc) is 3.04. The number of nitrogens with one attached hydrogen (secondary N) is 1. The molecule has 0 aliphatic heterocycles. The minimum Gasteiger partial charge on any atom is -0.452 e. The van der Waals surface area contributed by atoms with Crippen molar-refractivity contribution in [1.29, 1.82) is 0 Å². The zero-order valence-electron chi connectivity index (χ0n) is 12.2. The predicted octanol–water partition coefficient (Wildman–Crippen LogP) is 3.96. The van der Waals surface area contributed by atoms with Gasteiger partial charge in [-0.15, -0.1) is 11.3 Å². The van der Waals surface area contributed by atoms with Crippen LogP contribution in [0.2, 0.25) is 0 Å². The molecule has 0 radical (unpaired) electrons. The molecule has 0 bridgehead atoms. The Balaban J connectivity index is 1.89. The van der Waals surface area contributed by atoms with Crippen LogP contribution in [0.25, 0.3) is 6.08 Å². The summed E-state index contributed by atoms with van der Waals surface area (Å²) in [4.78, 5) is 23.9. The fourth-order valence-corrected chi connectivity index (χ4v) is 2.36. The number of carbonyl (C=O) groups is 2. The second kappa shape index (κ2) is 7.78. The maximum atomic E-state index is 12.8. The highest BCUT2D eigenvalue weighted by atomic mass is 32.1. The van der Waals surface area contributed by atoms with Gasteiger partial charge in [-0.2, -0.15) is 13.2 Å². The summed E-state index contributed by atoms with van der Waals surface area (Å²) in [5.41, 5.74) is -1.36. The largest absolute Gasteiger partial charge is 0.452 e. The Bertz CT molecular complexity index is 739. The molecule has 2 aromatic rings. The Morgan fingerprint density at radius 2 is 1.92 bits per heavy atom. The highest BCUT2D eigenvalue weighted by Gasteiger charge is 2.33. The summed E-state index contributed by atoms with van der Waals surface area (Å²) in [6.07, 6.45) is -1.93. The van der Waals surface area contributed by atoms with Gasteiger partial charge >= 0.3 is 12.1 Å². The van der Waals surface area contributed by atoms with Crippen LogP contribution in [0.5, 0.6) is 0 Å². The number of para-hydroxylation sites is 1. The van der Waals surface area contributed by atoms with E-state index in [-0.39, 0.29) is 5.69 Å². The third kappa shape index (κ3) is 5.24. The van der Waals surface area contributed by atoms with Crippen molar-refractivity contribution in [3.8, 4) is 0 Å². The van der Waals surface area contributed by atoms with E-state index in [1.807, 2.05) is 5.38 Å². The van der Waals surface area contributed by atoms with E-state index < -0.39 is 30.2 Å². The number of esters is 1. The van der Waals surface area contributed by atoms with E-state index in [9.17, 15) is 22.8 Å². The molecule has 1 amide bonds. The van der Waals surface area contributed by atoms with E-state index >= 15 is 0 Å². The van der Waals surface area contributed by atoms with Crippen LogP contribution in [0, 0.1) is 0 Å². The summed E-state index contributed by atoms with van der Waals surface area (Å²) >= 11 is 1.41. The molecule has 0 aliphatic rings. The van der Waals surface area contributed by atoms with Crippen LogP contribution in [-0.2, 0) is 20.5 Å². The zero-order chi connectivity index (χ0) is 17.6. The highest BCUT2D eigenvalue weighted by Crippen LogP contribution is 2.34. The first kappa shape index (κ1) is 17.7. The first-order valence-corrected chi connectivity index (χ1v) is 7.58. The summed E-state index contributed by atoms with van der Waals surface area (Å²) < 4.78 is 43.1. The Morgan fingerprint density at radius 3 is 2.58 bits per heavy atom. The number of hydrogen-bond acceptors (Lipinski definition) is 4. The normalized spacial score (nSPS) is 11.5. The van der Waals surface area contributed by atoms with Crippen molar-refractivity contribution in [3.63, 3.8) is 0 Å². The molecule has 4 nitrogen and oxygen atoms in total. The molecule has 0 unspecified atom stereocenters. The van der Waals surface area contributed by atoms with Gasteiger partial charge in [0.1, 0.15) is 0 Å². The number of hydrogen-bond donors (Lipinski definition) is 1. The van der Waals surface area contributed by atoms with Crippen molar-refractivity contribution in [2.24, 2.45) is 0 Å². The van der Waals surface area contributed by atoms with Gasteiger partial charge in [0.2, 0.25) is 0 Å². The lowest BCUT2D eigenvalue weighted by molar-refractivity contribution is -0.142. The smallest absolute Gasteiger partial charge is 0.418 e. The number of anilines is 1. The topological polar surface area (TPSA) is 55.4 Å². The number of halogens is 3. The first-order valence-electron chi connectivity index (χ1n) is 6.70. The second-order valence-electron chi connectivity index (χ2n) is 4.55. The van der Waals surface area contributed by atoms with Gasteiger partial charge in [0, 0.05) is 11.0 Å². The molecule has 0 saturated carbocycles. The molecule has 8 heteroatoms. The van der Waals surface area contributed by atoms with Gasteiger partial charge < -0.3 is 10.1 Å². The fraction of sp³-hybridized carbons (Fsp3) is 0.125. The van der Waals surface area contributed by atoms with Crippen molar-refractivity contribution in [2.45, 2.75) is 6.18 Å². The number of amides is 1. The van der Waals surface area contributed by atoms with Gasteiger partial charge in [-0.1, -0.05) is 18.2 Å². The van der Waals surface area contributed by atoms with Crippen molar-refractivity contribution >= 4 is 35.0 Å². The quantitative estimate of drug-likeness (QED) is 0.652. The van der Waals surface area contributed by atoms with Crippen LogP contribution in [0.15, 0.2) is 47.9 Å². The standard InChI is InChI=1S/C16H12F3NO3S/c17-16(18,19)12-5-1-2-6-13(12)20-14(21)10-23-15(22)8-7-11-4-3-9-24-11/h1-9H,10H2,(H,20,21)/b8-7+. The number of alkyl halides is 3. The summed E-state index contributed by atoms with van der Waals surface area (Å²) in [6, 6.07) is 8.15. The van der Waals surface area contributed by atoms with Gasteiger partial charge in [-0.05, 0) is 29.7 Å². The Kier molecular flexibility index (Phi) is 5.75. The Labute approximate surface area is 139 Å². The van der Waals surface area contributed by atoms with E-state index in [2.05, 4.69) is 10.1 Å². The summed E-state index contributed by atoms with van der Waals surface area (Å²) in [5.74, 6) is -1.62. The lowest BCUT2D eigenvalue weighted by Crippen LogP contribution is -2.22. The monoisotopic (exact) mass is 355 g/mol. The zero-order valence-corrected chi connectivity index (χ0v) is 13.0. The SMILES string of the molecule is O=C(COC(=O)/C=C/c1cccs1)Nc1ccccc1C(F)(F)F. The highest BCUT2D eigenvalue weighted by molar-refractivity contribution is 7.10. The fourth-order valence-electron chi connectivity index (χ4n) is 1.75. The third-order valence-electron chi connectivity index (χ3n) is 2.78. The van der Waals surface area contributed by atoms with Crippen molar-refractivity contribution in [1.82, 2.24) is 0 Å². The molecule has 2 rings (SSSR count). The van der Waals surface area contributed by atoms with E-state index in [0.717, 1.165) is 23.1 Å². The van der Waals surface area contributed by atoms with Crippen molar-refractivity contribution < 1.29 is 27.5 Å². The van der Waals surface area contributed by atoms with E-state index in [4.69, 9.17) is 0 Å². The van der Waals surface area contributed by atoms with Crippen molar-refractivity contribution in [2.75, 3.05) is 11.9 Å². The van der Waals surface area contributed by atoms with Crippen LogP contribution in [-0.4, -0.2) is 18.5 Å². The first-order chi connectivity index (χ1) is 11.4. The molecular weight excluding hydrogens is 343 g/mol. The molecule has 1 aromatic carbocycles. The number of rotatable bonds is 5. The molecule has 126 valence electrons. The van der Waals surface area contributed by atoms with Crippen LogP contribution in [0.4, 0.5) is 18.9 Å². The molecule has 1 aromatic heterocycles. The van der Waals surface area contributed by atoms with Crippen LogP contribution in [0.1, 0.15) is 10.4 Å². The molecule has 0 spiro atoms. The molecule has 24 heavy (non-hydrogen) atoms. The summed E-state index contributed by atoms with van der Waals surface area (Å²) in [5, 5.41) is 3.91. The lowest BCUT2D eigenvalue weighted by atomic mass is 10.1. The molecule has 0 saturated heterocycles. The minimum absolute atomic E-state index is 0.389. The van der Waals surface area contributed by atoms with E-state index in [0.29, 0.717) is 0 Å². The predicted molar refractivity (Wildman–Crippen MR) is 84.4 cm³/mol. The van der Waals surface area contributed by atoms with Crippen LogP contribution in [0.3, 0.4) is 0 Å². The number of carbonyl (C=O) groups excluding carboxylic acids is 2. The van der Waals surface area contributed by atoms with Crippen LogP contribution < -0.4 is 5.32 Å². The van der Waals surface area contributed by atoms with Crippen LogP contribution >= 0.6 is 11.3 Å². The number of thiophene rings is 1. The number of benzene rings is 1. The van der Waals surface area contributed by atoms with E-state index in [1.165, 1.54) is 29.5 Å². The molecular formula is C16H12F3NO3S. The third-order valence-corrected chi connectivity index (χ3v) is 3.62. The molecule has 1 heterocycles. The summed E-state index contributed by atoms with van der Waals surface area (Å²) in [7, 11) is 0. The molecule has 1 N–H and O–H groups in total. The van der Waals surface area contributed by atoms with Gasteiger partial charge in [0.25, 0.3) is 5.91 Å². The summed E-state index contributed by atoms with van der Waals surface area (Å²) in [6.45, 7) is -0.681. The Morgan fingerprint density at radius 1 is 1.17 bits per heavy atom. The average molecular weight is 355 g/mol. The molecule has 0 atom stereocenters. The second-order valence-corrected chi connectivity index (χ2v) is 5.53. The molecule has 0 aliphatic carbocycles. The molecule has 0 fully saturated rings. The minimum atomic E-state index is -4.59. The van der Waals surface area contributed by atoms with Gasteiger partial charge in [-0.3, -0.25) is 4.79 Å².